The number of rotatable bonds is 3. The van der Waals surface area contributed by atoms with Gasteiger partial charge in [-0.05, 0) is 42.2 Å². The second-order valence-corrected chi connectivity index (χ2v) is 6.12. The molecule has 0 atom stereocenters. The summed E-state index contributed by atoms with van der Waals surface area (Å²) in [6.45, 7) is 1.55. The van der Waals surface area contributed by atoms with Crippen LogP contribution in [0.4, 0.5) is 5.69 Å². The van der Waals surface area contributed by atoms with E-state index in [0.29, 0.717) is 0 Å². The number of anilines is 1. The van der Waals surface area contributed by atoms with E-state index in [4.69, 9.17) is 0 Å². The van der Waals surface area contributed by atoms with Crippen molar-refractivity contribution in [1.82, 2.24) is 9.55 Å². The predicted molar refractivity (Wildman–Crippen MR) is 94.2 cm³/mol. The van der Waals surface area contributed by atoms with Crippen molar-refractivity contribution < 1.29 is 4.79 Å². The molecule has 4 rings (SSSR count). The van der Waals surface area contributed by atoms with E-state index in [0.717, 1.165) is 42.7 Å². The molecule has 120 valence electrons. The van der Waals surface area contributed by atoms with Gasteiger partial charge >= 0.3 is 0 Å². The summed E-state index contributed by atoms with van der Waals surface area (Å²) in [4.78, 5) is 18.9. The average Bonchev–Trinajstić information content (AvgIpc) is 3.14. The fourth-order valence-corrected chi connectivity index (χ4v) is 3.24. The number of aryl methyl sites for hydroxylation is 1. The van der Waals surface area contributed by atoms with Gasteiger partial charge < -0.3 is 9.47 Å². The molecule has 3 aromatic rings. The molecule has 1 aromatic heterocycles. The van der Waals surface area contributed by atoms with Crippen LogP contribution in [0.2, 0.25) is 0 Å². The molecule has 0 aliphatic carbocycles. The van der Waals surface area contributed by atoms with Crippen molar-refractivity contribution in [3.05, 3.63) is 83.9 Å². The van der Waals surface area contributed by atoms with Crippen LogP contribution in [0, 0.1) is 0 Å². The minimum atomic E-state index is 0.0799. The zero-order valence-electron chi connectivity index (χ0n) is 13.4. The van der Waals surface area contributed by atoms with E-state index in [1.165, 1.54) is 5.56 Å². The van der Waals surface area contributed by atoms with Crippen molar-refractivity contribution >= 4 is 11.6 Å². The van der Waals surface area contributed by atoms with Gasteiger partial charge in [0.15, 0.2) is 0 Å². The van der Waals surface area contributed by atoms with Gasteiger partial charge in [0.25, 0.3) is 5.91 Å². The van der Waals surface area contributed by atoms with Gasteiger partial charge in [0.1, 0.15) is 0 Å². The van der Waals surface area contributed by atoms with E-state index in [9.17, 15) is 4.79 Å². The summed E-state index contributed by atoms with van der Waals surface area (Å²) in [5.41, 5.74) is 4.20. The molecular weight excluding hydrogens is 298 g/mol. The lowest BCUT2D eigenvalue weighted by atomic mass is 10.0. The lowest BCUT2D eigenvalue weighted by molar-refractivity contribution is 0.0985. The number of carbonyl (C=O) groups is 1. The van der Waals surface area contributed by atoms with Gasteiger partial charge in [0, 0.05) is 36.7 Å². The van der Waals surface area contributed by atoms with Gasteiger partial charge in [-0.25, -0.2) is 4.98 Å². The molecule has 24 heavy (non-hydrogen) atoms. The van der Waals surface area contributed by atoms with E-state index >= 15 is 0 Å². The number of amides is 1. The SMILES string of the molecule is O=C(c1ccc(Cn2ccnc2)cc1)N1CCCc2ccccc21. The Bertz CT molecular complexity index is 838. The first kappa shape index (κ1) is 14.7. The Hall–Kier alpha value is -2.88. The molecule has 2 heterocycles. The molecular formula is C20H19N3O. The highest BCUT2D eigenvalue weighted by Crippen LogP contribution is 2.28. The normalized spacial score (nSPS) is 13.6. The minimum Gasteiger partial charge on any atom is -0.333 e. The highest BCUT2D eigenvalue weighted by Gasteiger charge is 2.23. The van der Waals surface area contributed by atoms with E-state index in [-0.39, 0.29) is 5.91 Å². The monoisotopic (exact) mass is 317 g/mol. The van der Waals surface area contributed by atoms with Gasteiger partial charge in [0.2, 0.25) is 0 Å². The van der Waals surface area contributed by atoms with Crippen LogP contribution < -0.4 is 4.90 Å². The number of para-hydroxylation sites is 1. The zero-order chi connectivity index (χ0) is 16.4. The Kier molecular flexibility index (Phi) is 3.87. The van der Waals surface area contributed by atoms with Gasteiger partial charge in [-0.1, -0.05) is 30.3 Å². The number of imidazole rings is 1. The molecule has 0 unspecified atom stereocenters. The maximum atomic E-state index is 12.9. The zero-order valence-corrected chi connectivity index (χ0v) is 13.4. The number of hydrogen-bond acceptors (Lipinski definition) is 2. The topological polar surface area (TPSA) is 38.1 Å². The second-order valence-electron chi connectivity index (χ2n) is 6.12. The fourth-order valence-electron chi connectivity index (χ4n) is 3.24. The van der Waals surface area contributed by atoms with E-state index < -0.39 is 0 Å². The van der Waals surface area contributed by atoms with Crippen molar-refractivity contribution in [3.8, 4) is 0 Å². The Morgan fingerprint density at radius 3 is 2.71 bits per heavy atom. The molecule has 0 saturated carbocycles. The van der Waals surface area contributed by atoms with Crippen LogP contribution in [-0.4, -0.2) is 22.0 Å². The molecule has 1 amide bonds. The van der Waals surface area contributed by atoms with Crippen LogP contribution in [0.25, 0.3) is 0 Å². The largest absolute Gasteiger partial charge is 0.333 e. The number of fused-ring (bicyclic) bond motifs is 1. The first-order valence-corrected chi connectivity index (χ1v) is 8.26. The summed E-state index contributed by atoms with van der Waals surface area (Å²) in [5.74, 6) is 0.0799. The van der Waals surface area contributed by atoms with Gasteiger partial charge in [0.05, 0.1) is 6.33 Å². The number of carbonyl (C=O) groups excluding carboxylic acids is 1. The third-order valence-corrected chi connectivity index (χ3v) is 4.48. The van der Waals surface area contributed by atoms with Gasteiger partial charge in [-0.15, -0.1) is 0 Å². The van der Waals surface area contributed by atoms with Crippen molar-refractivity contribution in [2.75, 3.05) is 11.4 Å². The van der Waals surface area contributed by atoms with Gasteiger partial charge in [-0.3, -0.25) is 4.79 Å². The molecule has 2 aromatic carbocycles. The summed E-state index contributed by atoms with van der Waals surface area (Å²) < 4.78 is 2.01. The number of hydrogen-bond donors (Lipinski definition) is 0. The van der Waals surface area contributed by atoms with Crippen LogP contribution in [-0.2, 0) is 13.0 Å². The molecule has 1 aliphatic rings. The Morgan fingerprint density at radius 1 is 1.08 bits per heavy atom. The van der Waals surface area contributed by atoms with Crippen LogP contribution >= 0.6 is 0 Å². The summed E-state index contributed by atoms with van der Waals surface area (Å²) in [6, 6.07) is 16.1. The Balaban J connectivity index is 1.55. The molecule has 0 N–H and O–H groups in total. The molecule has 0 radical (unpaired) electrons. The molecule has 0 spiro atoms. The first-order chi connectivity index (χ1) is 11.8. The third-order valence-electron chi connectivity index (χ3n) is 4.48. The molecule has 0 bridgehead atoms. The summed E-state index contributed by atoms with van der Waals surface area (Å²) in [5, 5.41) is 0. The average molecular weight is 317 g/mol. The fraction of sp³-hybridized carbons (Fsp3) is 0.200. The van der Waals surface area contributed by atoms with Crippen LogP contribution in [0.5, 0.6) is 0 Å². The molecule has 1 aliphatic heterocycles. The van der Waals surface area contributed by atoms with Crippen molar-refractivity contribution in [1.29, 1.82) is 0 Å². The van der Waals surface area contributed by atoms with Crippen LogP contribution in [0.15, 0.2) is 67.3 Å². The predicted octanol–water partition coefficient (Wildman–Crippen LogP) is 3.52. The molecule has 0 fully saturated rings. The first-order valence-electron chi connectivity index (χ1n) is 8.26. The maximum absolute atomic E-state index is 12.9. The highest BCUT2D eigenvalue weighted by atomic mass is 16.2. The van der Waals surface area contributed by atoms with E-state index in [1.807, 2.05) is 58.1 Å². The minimum absolute atomic E-state index is 0.0799. The lowest BCUT2D eigenvalue weighted by Crippen LogP contribution is -2.35. The second kappa shape index (κ2) is 6.32. The molecule has 4 heteroatoms. The van der Waals surface area contributed by atoms with E-state index in [1.54, 1.807) is 12.5 Å². The maximum Gasteiger partial charge on any atom is 0.258 e. The van der Waals surface area contributed by atoms with Crippen molar-refractivity contribution in [2.45, 2.75) is 19.4 Å². The quantitative estimate of drug-likeness (QED) is 0.741. The number of aromatic nitrogens is 2. The summed E-state index contributed by atoms with van der Waals surface area (Å²) in [6.07, 6.45) is 7.56. The Labute approximate surface area is 141 Å². The summed E-state index contributed by atoms with van der Waals surface area (Å²) in [7, 11) is 0. The smallest absolute Gasteiger partial charge is 0.258 e. The van der Waals surface area contributed by atoms with Crippen LogP contribution in [0.3, 0.4) is 0 Å². The summed E-state index contributed by atoms with van der Waals surface area (Å²) >= 11 is 0. The molecule has 0 saturated heterocycles. The molecule has 4 nitrogen and oxygen atoms in total. The van der Waals surface area contributed by atoms with Crippen molar-refractivity contribution in [2.24, 2.45) is 0 Å². The van der Waals surface area contributed by atoms with E-state index in [2.05, 4.69) is 11.1 Å². The third kappa shape index (κ3) is 2.83. The van der Waals surface area contributed by atoms with Crippen LogP contribution in [0.1, 0.15) is 27.9 Å². The standard InChI is InChI=1S/C20H19N3O/c24-20(23-12-3-5-17-4-1-2-6-19(17)23)18-9-7-16(8-10-18)14-22-13-11-21-15-22/h1-2,4,6-11,13,15H,3,5,12,14H2. The van der Waals surface area contributed by atoms with Gasteiger partial charge in [-0.2, -0.15) is 0 Å². The Morgan fingerprint density at radius 2 is 1.92 bits per heavy atom. The number of nitrogens with zero attached hydrogens (tertiary/aromatic N) is 3. The number of benzene rings is 2. The van der Waals surface area contributed by atoms with Crippen molar-refractivity contribution in [3.63, 3.8) is 0 Å². The highest BCUT2D eigenvalue weighted by molar-refractivity contribution is 6.06. The lowest BCUT2D eigenvalue weighted by Gasteiger charge is -2.29.